The fraction of sp³-hybridized carbons (Fsp3) is 0.188. The van der Waals surface area contributed by atoms with Gasteiger partial charge in [0.15, 0.2) is 0 Å². The molecule has 1 aromatic heterocycles. The Bertz CT molecular complexity index is 783. The second kappa shape index (κ2) is 6.21. The van der Waals surface area contributed by atoms with Crippen molar-refractivity contribution in [3.8, 4) is 10.6 Å². The number of ether oxygens (including phenoxy) is 1. The third-order valence-corrected chi connectivity index (χ3v) is 4.61. The number of methoxy groups -OCH3 is 1. The summed E-state index contributed by atoms with van der Waals surface area (Å²) >= 11 is 1.43. The molecule has 3 rings (SSSR count). The first-order valence-electron chi connectivity index (χ1n) is 6.98. The number of rotatable bonds is 3. The maximum atomic E-state index is 12.1. The highest BCUT2D eigenvalue weighted by Crippen LogP contribution is 2.34. The summed E-state index contributed by atoms with van der Waals surface area (Å²) in [4.78, 5) is 29.0. The predicted octanol–water partition coefficient (Wildman–Crippen LogP) is 2.61. The van der Waals surface area contributed by atoms with E-state index in [1.807, 2.05) is 30.3 Å². The molecule has 0 spiro atoms. The number of urea groups is 1. The average molecular weight is 329 g/mol. The monoisotopic (exact) mass is 329 g/mol. The van der Waals surface area contributed by atoms with Gasteiger partial charge in [0, 0.05) is 17.5 Å². The van der Waals surface area contributed by atoms with Gasteiger partial charge in [0.1, 0.15) is 11.0 Å². The Balaban J connectivity index is 1.99. The number of hydrogen-bond acceptors (Lipinski definition) is 5. The third-order valence-electron chi connectivity index (χ3n) is 3.50. The van der Waals surface area contributed by atoms with Crippen LogP contribution in [-0.2, 0) is 9.53 Å². The van der Waals surface area contributed by atoms with E-state index in [2.05, 4.69) is 15.6 Å². The van der Waals surface area contributed by atoms with Crippen LogP contribution >= 0.6 is 11.3 Å². The molecule has 0 radical (unpaired) electrons. The van der Waals surface area contributed by atoms with Crippen LogP contribution in [0.3, 0.4) is 0 Å². The van der Waals surface area contributed by atoms with Crippen molar-refractivity contribution in [2.24, 2.45) is 0 Å². The first kappa shape index (κ1) is 15.2. The van der Waals surface area contributed by atoms with E-state index in [0.717, 1.165) is 15.4 Å². The van der Waals surface area contributed by atoms with E-state index in [9.17, 15) is 9.59 Å². The van der Waals surface area contributed by atoms with Crippen molar-refractivity contribution in [1.82, 2.24) is 15.6 Å². The zero-order chi connectivity index (χ0) is 16.4. The Morgan fingerprint density at radius 1 is 1.30 bits per heavy atom. The summed E-state index contributed by atoms with van der Waals surface area (Å²) < 4.78 is 4.83. The van der Waals surface area contributed by atoms with E-state index in [1.165, 1.54) is 18.4 Å². The molecule has 1 atom stereocenters. The van der Waals surface area contributed by atoms with Gasteiger partial charge in [-0.1, -0.05) is 30.3 Å². The Morgan fingerprint density at radius 2 is 2.04 bits per heavy atom. The highest BCUT2D eigenvalue weighted by molar-refractivity contribution is 7.15. The van der Waals surface area contributed by atoms with Gasteiger partial charge in [-0.15, -0.1) is 11.3 Å². The number of aromatic nitrogens is 1. The van der Waals surface area contributed by atoms with Gasteiger partial charge in [-0.2, -0.15) is 0 Å². The lowest BCUT2D eigenvalue weighted by molar-refractivity contribution is -0.136. The molecule has 118 valence electrons. The molecule has 2 amide bonds. The summed E-state index contributed by atoms with van der Waals surface area (Å²) in [7, 11) is 1.32. The van der Waals surface area contributed by atoms with Crippen molar-refractivity contribution < 1.29 is 14.3 Å². The van der Waals surface area contributed by atoms with E-state index in [1.54, 1.807) is 13.1 Å². The normalized spacial score (nSPS) is 17.5. The highest BCUT2D eigenvalue weighted by Gasteiger charge is 2.33. The van der Waals surface area contributed by atoms with Crippen LogP contribution in [0.4, 0.5) is 4.79 Å². The van der Waals surface area contributed by atoms with E-state index < -0.39 is 12.0 Å². The minimum absolute atomic E-state index is 0.352. The lowest BCUT2D eigenvalue weighted by atomic mass is 10.0. The summed E-state index contributed by atoms with van der Waals surface area (Å²) in [6.45, 7) is 1.68. The van der Waals surface area contributed by atoms with Gasteiger partial charge < -0.3 is 15.4 Å². The molecule has 1 aliphatic heterocycles. The van der Waals surface area contributed by atoms with Gasteiger partial charge in [-0.25, -0.2) is 14.6 Å². The van der Waals surface area contributed by atoms with Crippen molar-refractivity contribution in [1.29, 1.82) is 0 Å². The van der Waals surface area contributed by atoms with E-state index in [4.69, 9.17) is 4.74 Å². The topological polar surface area (TPSA) is 80.3 Å². The van der Waals surface area contributed by atoms with Gasteiger partial charge >= 0.3 is 12.0 Å². The molecule has 1 unspecified atom stereocenters. The number of nitrogens with one attached hydrogen (secondary N) is 2. The molecule has 2 N–H and O–H groups in total. The molecule has 7 heteroatoms. The van der Waals surface area contributed by atoms with Crippen LogP contribution in [0.5, 0.6) is 0 Å². The van der Waals surface area contributed by atoms with Crippen molar-refractivity contribution in [3.05, 3.63) is 52.7 Å². The van der Waals surface area contributed by atoms with Crippen LogP contribution < -0.4 is 10.6 Å². The maximum absolute atomic E-state index is 12.1. The van der Waals surface area contributed by atoms with Crippen LogP contribution in [0.1, 0.15) is 17.8 Å². The average Bonchev–Trinajstić information content (AvgIpc) is 3.04. The number of amides is 2. The van der Waals surface area contributed by atoms with Gasteiger partial charge in [0.25, 0.3) is 0 Å². The van der Waals surface area contributed by atoms with Gasteiger partial charge in [0.05, 0.1) is 17.6 Å². The van der Waals surface area contributed by atoms with Crippen LogP contribution in [-0.4, -0.2) is 24.1 Å². The minimum Gasteiger partial charge on any atom is -0.466 e. The van der Waals surface area contributed by atoms with Crippen molar-refractivity contribution in [2.45, 2.75) is 13.0 Å². The Morgan fingerprint density at radius 3 is 2.74 bits per heavy atom. The third kappa shape index (κ3) is 2.95. The number of thiazole rings is 1. The lowest BCUT2D eigenvalue weighted by Crippen LogP contribution is -2.45. The minimum atomic E-state index is -0.564. The first-order chi connectivity index (χ1) is 11.1. The summed E-state index contributed by atoms with van der Waals surface area (Å²) in [5.74, 6) is -0.477. The zero-order valence-corrected chi connectivity index (χ0v) is 13.4. The van der Waals surface area contributed by atoms with E-state index >= 15 is 0 Å². The predicted molar refractivity (Wildman–Crippen MR) is 86.7 cm³/mol. The number of carbonyl (C=O) groups excluding carboxylic acids is 2. The quantitative estimate of drug-likeness (QED) is 0.848. The fourth-order valence-electron chi connectivity index (χ4n) is 2.42. The van der Waals surface area contributed by atoms with Crippen LogP contribution in [0, 0.1) is 0 Å². The summed E-state index contributed by atoms with van der Waals surface area (Å²) in [5, 5.41) is 6.18. The van der Waals surface area contributed by atoms with Crippen molar-refractivity contribution in [2.75, 3.05) is 7.11 Å². The number of nitrogens with zero attached hydrogens (tertiary/aromatic N) is 1. The number of hydrogen-bond donors (Lipinski definition) is 2. The maximum Gasteiger partial charge on any atom is 0.338 e. The lowest BCUT2D eigenvalue weighted by Gasteiger charge is -2.26. The summed E-state index contributed by atoms with van der Waals surface area (Å²) in [6.07, 6.45) is 1.68. The Labute approximate surface area is 137 Å². The molecule has 2 heterocycles. The molecular weight excluding hydrogens is 314 g/mol. The number of benzene rings is 1. The Kier molecular flexibility index (Phi) is 4.12. The van der Waals surface area contributed by atoms with Gasteiger partial charge in [0.2, 0.25) is 0 Å². The number of esters is 1. The van der Waals surface area contributed by atoms with Crippen LogP contribution in [0.2, 0.25) is 0 Å². The Hall–Kier alpha value is -2.67. The molecule has 0 bridgehead atoms. The molecule has 0 saturated carbocycles. The summed E-state index contributed by atoms with van der Waals surface area (Å²) in [6, 6.07) is 8.82. The largest absolute Gasteiger partial charge is 0.466 e. The first-order valence-corrected chi connectivity index (χ1v) is 7.79. The molecule has 0 aliphatic carbocycles. The van der Waals surface area contributed by atoms with Crippen LogP contribution in [0.25, 0.3) is 10.6 Å². The molecule has 1 aliphatic rings. The molecule has 2 aromatic rings. The number of carbonyl (C=O) groups is 2. The molecule has 23 heavy (non-hydrogen) atoms. The second-order valence-electron chi connectivity index (χ2n) is 5.00. The van der Waals surface area contributed by atoms with E-state index in [-0.39, 0.29) is 6.03 Å². The fourth-order valence-corrected chi connectivity index (χ4v) is 3.40. The van der Waals surface area contributed by atoms with E-state index in [0.29, 0.717) is 11.3 Å². The molecular formula is C16H15N3O3S. The van der Waals surface area contributed by atoms with Gasteiger partial charge in [-0.3, -0.25) is 0 Å². The second-order valence-corrected chi connectivity index (χ2v) is 6.06. The van der Waals surface area contributed by atoms with Crippen molar-refractivity contribution >= 4 is 23.3 Å². The van der Waals surface area contributed by atoms with Crippen LogP contribution in [0.15, 0.2) is 47.8 Å². The smallest absolute Gasteiger partial charge is 0.338 e. The molecule has 6 nitrogen and oxygen atoms in total. The zero-order valence-electron chi connectivity index (χ0n) is 12.6. The summed E-state index contributed by atoms with van der Waals surface area (Å²) in [5.41, 5.74) is 1.86. The molecule has 0 fully saturated rings. The van der Waals surface area contributed by atoms with Crippen molar-refractivity contribution in [3.63, 3.8) is 0 Å². The van der Waals surface area contributed by atoms with Gasteiger partial charge in [-0.05, 0) is 6.92 Å². The molecule has 1 aromatic carbocycles. The standard InChI is InChI=1S/C16H15N3O3S/c1-9-12(15(20)22-2)13(19-16(21)18-9)11-8-17-14(23-11)10-6-4-3-5-7-10/h3-8,13H,1-2H3,(H2,18,19,21). The number of allylic oxidation sites excluding steroid dienone is 1. The molecule has 0 saturated heterocycles. The highest BCUT2D eigenvalue weighted by atomic mass is 32.1. The SMILES string of the molecule is COC(=O)C1=C(C)NC(=O)NC1c1cnc(-c2ccccc2)s1.